The summed E-state index contributed by atoms with van der Waals surface area (Å²) >= 11 is 0. The first-order valence-electron chi connectivity index (χ1n) is 12.0. The molecule has 0 spiro atoms. The van der Waals surface area contributed by atoms with Crippen molar-refractivity contribution in [1.29, 1.82) is 0 Å². The second-order valence-corrected chi connectivity index (χ2v) is 7.87. The lowest BCUT2D eigenvalue weighted by atomic mass is 9.94. The van der Waals surface area contributed by atoms with Crippen molar-refractivity contribution in [3.05, 3.63) is 111 Å². The van der Waals surface area contributed by atoms with Gasteiger partial charge in [-0.05, 0) is 47.5 Å². The van der Waals surface area contributed by atoms with Gasteiger partial charge in [-0.25, -0.2) is 23.2 Å². The number of esters is 3. The maximum Gasteiger partial charge on any atom is 0.335 e. The van der Waals surface area contributed by atoms with Crippen LogP contribution in [0.4, 0.5) is 8.78 Å². The number of aldehydes is 1. The predicted octanol–water partition coefficient (Wildman–Crippen LogP) is 6.61. The first-order valence-corrected chi connectivity index (χ1v) is 12.0. The van der Waals surface area contributed by atoms with Gasteiger partial charge in [0.15, 0.2) is 0 Å². The molecule has 0 aliphatic heterocycles. The Bertz CT molecular complexity index is 1520. The SMILES string of the molecule is C=CC(=O)Oc1ccc(-c2ccc(-c3ccc(OC)cc3OC(=O)C=C)cc2C(F)F)c(OC(=O)C=C)c1.C=CC=O. The summed E-state index contributed by atoms with van der Waals surface area (Å²) in [6, 6.07) is 12.7. The summed E-state index contributed by atoms with van der Waals surface area (Å²) in [5.74, 6) is -2.01. The van der Waals surface area contributed by atoms with E-state index in [4.69, 9.17) is 23.7 Å². The molecule has 0 fully saturated rings. The van der Waals surface area contributed by atoms with Gasteiger partial charge in [0.1, 0.15) is 29.3 Å². The van der Waals surface area contributed by atoms with Gasteiger partial charge in [0.25, 0.3) is 6.43 Å². The number of carbonyl (C=O) groups is 4. The highest BCUT2D eigenvalue weighted by Gasteiger charge is 2.21. The number of rotatable bonds is 11. The number of methoxy groups -OCH3 is 1. The van der Waals surface area contributed by atoms with E-state index in [1.807, 2.05) is 0 Å². The number of halogens is 2. The van der Waals surface area contributed by atoms with Crippen LogP contribution in [-0.4, -0.2) is 31.3 Å². The van der Waals surface area contributed by atoms with Gasteiger partial charge in [-0.3, -0.25) is 4.79 Å². The average molecular weight is 577 g/mol. The van der Waals surface area contributed by atoms with Crippen LogP contribution in [0.3, 0.4) is 0 Å². The summed E-state index contributed by atoms with van der Waals surface area (Å²) in [7, 11) is 1.43. The monoisotopic (exact) mass is 576 g/mol. The van der Waals surface area contributed by atoms with E-state index >= 15 is 0 Å². The predicted molar refractivity (Wildman–Crippen MR) is 153 cm³/mol. The summed E-state index contributed by atoms with van der Waals surface area (Å²) in [5.41, 5.74) is 0.453. The lowest BCUT2D eigenvalue weighted by Crippen LogP contribution is -2.07. The molecule has 3 aromatic carbocycles. The molecule has 0 bridgehead atoms. The first-order chi connectivity index (χ1) is 20.1. The van der Waals surface area contributed by atoms with Gasteiger partial charge >= 0.3 is 17.9 Å². The molecule has 0 aliphatic rings. The average Bonchev–Trinajstić information content (AvgIpc) is 3.00. The second kappa shape index (κ2) is 15.8. The molecule has 42 heavy (non-hydrogen) atoms. The summed E-state index contributed by atoms with van der Waals surface area (Å²) in [6.45, 7) is 13.1. The molecule has 0 heterocycles. The summed E-state index contributed by atoms with van der Waals surface area (Å²) in [5, 5.41) is 0. The number of carbonyl (C=O) groups excluding carboxylic acids is 4. The maximum absolute atomic E-state index is 14.3. The van der Waals surface area contributed by atoms with Crippen molar-refractivity contribution in [1.82, 2.24) is 0 Å². The lowest BCUT2D eigenvalue weighted by Gasteiger charge is -2.17. The fraction of sp³-hybridized carbons (Fsp3) is 0.0625. The molecule has 0 N–H and O–H groups in total. The topological polar surface area (TPSA) is 105 Å². The highest BCUT2D eigenvalue weighted by atomic mass is 19.3. The van der Waals surface area contributed by atoms with Gasteiger partial charge in [-0.2, -0.15) is 0 Å². The number of benzene rings is 3. The Morgan fingerprint density at radius 3 is 1.69 bits per heavy atom. The van der Waals surface area contributed by atoms with Crippen LogP contribution in [-0.2, 0) is 19.2 Å². The Balaban J connectivity index is 0.00000144. The van der Waals surface area contributed by atoms with E-state index in [2.05, 4.69) is 26.3 Å². The van der Waals surface area contributed by atoms with E-state index in [-0.39, 0.29) is 28.4 Å². The Labute approximate surface area is 240 Å². The highest BCUT2D eigenvalue weighted by Crippen LogP contribution is 2.42. The van der Waals surface area contributed by atoms with Gasteiger partial charge in [-0.1, -0.05) is 38.4 Å². The van der Waals surface area contributed by atoms with Crippen LogP contribution in [0.5, 0.6) is 23.0 Å². The molecule has 216 valence electrons. The van der Waals surface area contributed by atoms with Gasteiger partial charge in [0, 0.05) is 47.1 Å². The smallest absolute Gasteiger partial charge is 0.335 e. The molecule has 3 rings (SSSR count). The molecule has 8 nitrogen and oxygen atoms in total. The van der Waals surface area contributed by atoms with Crippen molar-refractivity contribution in [2.24, 2.45) is 0 Å². The van der Waals surface area contributed by atoms with Crippen LogP contribution in [0.15, 0.2) is 105 Å². The summed E-state index contributed by atoms with van der Waals surface area (Å²) < 4.78 is 49.4. The number of hydrogen-bond donors (Lipinski definition) is 0. The minimum atomic E-state index is -2.94. The van der Waals surface area contributed by atoms with E-state index in [1.165, 1.54) is 49.6 Å². The van der Waals surface area contributed by atoms with Crippen LogP contribution in [0.2, 0.25) is 0 Å². The third-order valence-electron chi connectivity index (χ3n) is 5.27. The van der Waals surface area contributed by atoms with Crippen LogP contribution >= 0.6 is 0 Å². The fourth-order valence-corrected chi connectivity index (χ4v) is 3.44. The zero-order valence-electron chi connectivity index (χ0n) is 22.5. The molecular weight excluding hydrogens is 550 g/mol. The summed E-state index contributed by atoms with van der Waals surface area (Å²) in [6.07, 6.45) is 1.71. The van der Waals surface area contributed by atoms with E-state index in [0.29, 0.717) is 23.2 Å². The van der Waals surface area contributed by atoms with Gasteiger partial charge < -0.3 is 18.9 Å². The number of allylic oxidation sites excluding steroid dienone is 1. The van der Waals surface area contributed by atoms with Crippen LogP contribution in [0, 0.1) is 0 Å². The number of hydrogen-bond acceptors (Lipinski definition) is 8. The van der Waals surface area contributed by atoms with Gasteiger partial charge in [0.2, 0.25) is 0 Å². The van der Waals surface area contributed by atoms with Crippen LogP contribution in [0.1, 0.15) is 12.0 Å². The molecule has 0 amide bonds. The Hall–Kier alpha value is -5.64. The molecule has 0 aliphatic carbocycles. The molecular formula is C32H26F2O8. The van der Waals surface area contributed by atoms with Crippen molar-refractivity contribution in [3.8, 4) is 45.3 Å². The molecule has 0 saturated carbocycles. The second-order valence-electron chi connectivity index (χ2n) is 7.87. The molecule has 0 radical (unpaired) electrons. The van der Waals surface area contributed by atoms with E-state index in [1.54, 1.807) is 18.2 Å². The minimum absolute atomic E-state index is 0.00707. The Morgan fingerprint density at radius 1 is 0.690 bits per heavy atom. The third kappa shape index (κ3) is 8.68. The quantitative estimate of drug-likeness (QED) is 0.109. The standard InChI is InChI=1S/C29H22F2O7.C3H4O/c1-5-26(32)36-19-10-13-22(25(16-19)38-28(34)7-3)21-11-8-17(14-23(21)29(30)31)20-12-9-18(35-4)15-24(20)37-27(33)6-2;1-2-3-4/h5-16,29H,1-3H2,4H3;2-3H,1H2. The molecule has 0 aromatic heterocycles. The van der Waals surface area contributed by atoms with E-state index in [9.17, 15) is 23.2 Å². The number of alkyl halides is 2. The molecule has 0 atom stereocenters. The highest BCUT2D eigenvalue weighted by molar-refractivity contribution is 5.89. The first kappa shape index (κ1) is 32.6. The maximum atomic E-state index is 14.3. The summed E-state index contributed by atoms with van der Waals surface area (Å²) in [4.78, 5) is 44.4. The molecule has 10 heteroatoms. The Kier molecular flexibility index (Phi) is 12.3. The van der Waals surface area contributed by atoms with E-state index in [0.717, 1.165) is 18.2 Å². The van der Waals surface area contributed by atoms with E-state index < -0.39 is 29.9 Å². The minimum Gasteiger partial charge on any atom is -0.497 e. The van der Waals surface area contributed by atoms with Crippen molar-refractivity contribution >= 4 is 24.2 Å². The third-order valence-corrected chi connectivity index (χ3v) is 5.27. The van der Waals surface area contributed by atoms with Crippen molar-refractivity contribution in [3.63, 3.8) is 0 Å². The largest absolute Gasteiger partial charge is 0.497 e. The normalized spacial score (nSPS) is 9.81. The van der Waals surface area contributed by atoms with Crippen molar-refractivity contribution in [2.45, 2.75) is 6.43 Å². The van der Waals surface area contributed by atoms with Gasteiger partial charge in [0.05, 0.1) is 7.11 Å². The molecule has 0 unspecified atom stereocenters. The zero-order chi connectivity index (χ0) is 31.2. The van der Waals surface area contributed by atoms with Gasteiger partial charge in [-0.15, -0.1) is 0 Å². The van der Waals surface area contributed by atoms with Crippen molar-refractivity contribution < 1.29 is 46.9 Å². The fourth-order valence-electron chi connectivity index (χ4n) is 3.44. The number of ether oxygens (including phenoxy) is 4. The van der Waals surface area contributed by atoms with Crippen LogP contribution in [0.25, 0.3) is 22.3 Å². The lowest BCUT2D eigenvalue weighted by molar-refractivity contribution is -0.130. The van der Waals surface area contributed by atoms with Crippen LogP contribution < -0.4 is 18.9 Å². The van der Waals surface area contributed by atoms with Crippen molar-refractivity contribution in [2.75, 3.05) is 7.11 Å². The molecule has 0 saturated heterocycles. The zero-order valence-corrected chi connectivity index (χ0v) is 22.5. The molecule has 3 aromatic rings. The Morgan fingerprint density at radius 2 is 1.17 bits per heavy atom.